The zero-order valence-corrected chi connectivity index (χ0v) is 34.9. The van der Waals surface area contributed by atoms with Crippen LogP contribution in [0, 0.1) is 35.3 Å². The van der Waals surface area contributed by atoms with Crippen molar-refractivity contribution in [3.63, 3.8) is 0 Å². The normalized spacial score (nSPS) is 21.3. The van der Waals surface area contributed by atoms with E-state index in [0.717, 1.165) is 61.0 Å². The quantitative estimate of drug-likeness (QED) is 0.164. The minimum absolute atomic E-state index is 0.102. The van der Waals surface area contributed by atoms with Gasteiger partial charge in [-0.25, -0.2) is 8.78 Å². The summed E-state index contributed by atoms with van der Waals surface area (Å²) in [4.78, 5) is 51.7. The maximum atomic E-state index is 14.2. The zero-order chi connectivity index (χ0) is 42.5. The van der Waals surface area contributed by atoms with Crippen LogP contribution in [0.15, 0.2) is 48.8 Å². The van der Waals surface area contributed by atoms with Crippen LogP contribution in [0.1, 0.15) is 97.8 Å². The number of carbonyl (C=O) groups is 4. The van der Waals surface area contributed by atoms with Crippen molar-refractivity contribution >= 4 is 47.0 Å². The molecule has 2 aliphatic heterocycles. The van der Waals surface area contributed by atoms with Crippen molar-refractivity contribution in [3.8, 4) is 0 Å². The average molecular weight is 868 g/mol. The van der Waals surface area contributed by atoms with Crippen LogP contribution in [0.25, 0.3) is 0 Å². The van der Waals surface area contributed by atoms with E-state index < -0.39 is 11.9 Å². The Balaban J connectivity index is 0.000000181. The molecule has 60 heavy (non-hydrogen) atoms. The third kappa shape index (κ3) is 10.5. The van der Waals surface area contributed by atoms with Crippen LogP contribution < -0.4 is 0 Å². The minimum Gasteiger partial charge on any atom is -0.481 e. The Bertz CT molecular complexity index is 2060. The molecule has 0 saturated heterocycles. The highest BCUT2D eigenvalue weighted by Crippen LogP contribution is 2.34. The first-order valence-corrected chi connectivity index (χ1v) is 21.5. The fraction of sp³-hybridized carbons (Fsp3) is 0.500. The molecule has 2 fully saturated rings. The molecule has 4 heterocycles. The second-order valence-corrected chi connectivity index (χ2v) is 17.5. The third-order valence-corrected chi connectivity index (χ3v) is 13.2. The summed E-state index contributed by atoms with van der Waals surface area (Å²) in [6, 6.07) is 9.22. The molecule has 4 aromatic rings. The van der Waals surface area contributed by atoms with E-state index >= 15 is 0 Å². The number of carboxylic acids is 2. The maximum absolute atomic E-state index is 14.2. The van der Waals surface area contributed by atoms with Crippen molar-refractivity contribution in [3.05, 3.63) is 104 Å². The first-order valence-electron chi connectivity index (χ1n) is 20.8. The summed E-state index contributed by atoms with van der Waals surface area (Å²) in [7, 11) is 0. The third-order valence-electron chi connectivity index (χ3n) is 12.7. The smallest absolute Gasteiger partial charge is 0.306 e. The number of halogens is 4. The molecule has 0 radical (unpaired) electrons. The fourth-order valence-electron chi connectivity index (χ4n) is 9.01. The number of aliphatic carboxylic acids is 2. The van der Waals surface area contributed by atoms with Gasteiger partial charge in [0.25, 0.3) is 0 Å². The molecule has 320 valence electrons. The summed E-state index contributed by atoms with van der Waals surface area (Å²) in [5.74, 6) is -2.02. The van der Waals surface area contributed by atoms with E-state index in [9.17, 15) is 28.0 Å². The number of amides is 2. The Hall–Kier alpha value is -4.82. The van der Waals surface area contributed by atoms with Crippen molar-refractivity contribution in [2.45, 2.75) is 103 Å². The molecule has 0 unspecified atom stereocenters. The summed E-state index contributed by atoms with van der Waals surface area (Å²) < 4.78 is 31.9. The van der Waals surface area contributed by atoms with Gasteiger partial charge in [0.1, 0.15) is 11.6 Å². The fourth-order valence-corrected chi connectivity index (χ4v) is 9.33. The number of rotatable bonds is 10. The standard InChI is InChI=1S/2C22H25ClFN3O3/c2*23-18-6-5-17(19(24)10-18)12-27-20-13-26(8-7-16(20)11-25-27)21(28)9-14-1-3-15(4-2-14)22(29)30/h2*5-6,10-11,14-15H,1-4,7-9,12-13H2,(H,29,30). The zero-order valence-electron chi connectivity index (χ0n) is 33.4. The van der Waals surface area contributed by atoms with Crippen molar-refractivity contribution in [2.75, 3.05) is 13.1 Å². The predicted octanol–water partition coefficient (Wildman–Crippen LogP) is 7.78. The Kier molecular flexibility index (Phi) is 13.9. The number of fused-ring (bicyclic) bond motifs is 2. The van der Waals surface area contributed by atoms with E-state index in [-0.39, 0.29) is 47.1 Å². The molecule has 4 aliphatic rings. The van der Waals surface area contributed by atoms with Gasteiger partial charge in [0.15, 0.2) is 0 Å². The minimum atomic E-state index is -0.728. The average Bonchev–Trinajstić information content (AvgIpc) is 3.83. The van der Waals surface area contributed by atoms with E-state index in [1.165, 1.54) is 12.1 Å². The summed E-state index contributed by atoms with van der Waals surface area (Å²) in [5, 5.41) is 27.8. The number of benzene rings is 2. The van der Waals surface area contributed by atoms with Crippen molar-refractivity contribution in [2.24, 2.45) is 23.7 Å². The molecule has 16 heteroatoms. The highest BCUT2D eigenvalue weighted by molar-refractivity contribution is 6.30. The first kappa shape index (κ1) is 43.3. The lowest BCUT2D eigenvalue weighted by Gasteiger charge is -2.31. The Labute approximate surface area is 357 Å². The molecule has 2 aliphatic carbocycles. The van der Waals surface area contributed by atoms with Gasteiger partial charge >= 0.3 is 11.9 Å². The van der Waals surface area contributed by atoms with Crippen molar-refractivity contribution in [1.82, 2.24) is 29.4 Å². The second kappa shape index (κ2) is 19.3. The summed E-state index contributed by atoms with van der Waals surface area (Å²) >= 11 is 11.7. The SMILES string of the molecule is O=C(O)C1CCC(CC(=O)N2CCc3cnn(Cc4ccc(Cl)cc4F)c3C2)CC1.O=C(O)C1CCC(CC(=O)N2CCc3cnn(Cc4ccc(Cl)cc4F)c3C2)CC1. The number of hydrogen-bond acceptors (Lipinski definition) is 6. The van der Waals surface area contributed by atoms with E-state index in [2.05, 4.69) is 10.2 Å². The second-order valence-electron chi connectivity index (χ2n) is 16.7. The number of hydrogen-bond donors (Lipinski definition) is 2. The van der Waals surface area contributed by atoms with Gasteiger partial charge in [0.05, 0.1) is 61.8 Å². The number of carbonyl (C=O) groups excluding carboxylic acids is 2. The number of carboxylic acid groups (broad SMARTS) is 2. The lowest BCUT2D eigenvalue weighted by Crippen LogP contribution is -2.38. The van der Waals surface area contributed by atoms with Gasteiger partial charge in [-0.3, -0.25) is 28.5 Å². The summed E-state index contributed by atoms with van der Waals surface area (Å²) in [6.07, 6.45) is 11.7. The van der Waals surface area contributed by atoms with Crippen molar-refractivity contribution in [1.29, 1.82) is 0 Å². The topological polar surface area (TPSA) is 151 Å². The first-order chi connectivity index (χ1) is 28.8. The van der Waals surface area contributed by atoms with E-state index in [0.29, 0.717) is 99.0 Å². The van der Waals surface area contributed by atoms with Gasteiger partial charge < -0.3 is 20.0 Å². The van der Waals surface area contributed by atoms with Gasteiger partial charge in [-0.1, -0.05) is 35.3 Å². The lowest BCUT2D eigenvalue weighted by atomic mass is 9.80. The van der Waals surface area contributed by atoms with Crippen LogP contribution in [0.3, 0.4) is 0 Å². The number of aromatic nitrogens is 4. The molecule has 2 saturated carbocycles. The molecule has 0 bridgehead atoms. The molecule has 2 aromatic carbocycles. The Morgan fingerprint density at radius 1 is 0.617 bits per heavy atom. The van der Waals surface area contributed by atoms with Crippen LogP contribution in [0.5, 0.6) is 0 Å². The summed E-state index contributed by atoms with van der Waals surface area (Å²) in [5.41, 5.74) is 5.08. The van der Waals surface area contributed by atoms with Gasteiger partial charge in [-0.2, -0.15) is 10.2 Å². The number of nitrogens with zero attached hydrogens (tertiary/aromatic N) is 6. The molecule has 8 rings (SSSR count). The molecular weight excluding hydrogens is 817 g/mol. The summed E-state index contributed by atoms with van der Waals surface area (Å²) in [6.45, 7) is 2.81. The predicted molar refractivity (Wildman–Crippen MR) is 219 cm³/mol. The highest BCUT2D eigenvalue weighted by atomic mass is 35.5. The van der Waals surface area contributed by atoms with Crippen LogP contribution in [0.2, 0.25) is 10.0 Å². The monoisotopic (exact) mass is 866 g/mol. The van der Waals surface area contributed by atoms with E-state index in [4.69, 9.17) is 33.4 Å². The van der Waals surface area contributed by atoms with Gasteiger partial charge in [-0.15, -0.1) is 0 Å². The van der Waals surface area contributed by atoms with Gasteiger partial charge in [0, 0.05) is 47.1 Å². The van der Waals surface area contributed by atoms with Crippen molar-refractivity contribution < 1.29 is 38.2 Å². The molecule has 2 amide bonds. The molecule has 12 nitrogen and oxygen atoms in total. The van der Waals surface area contributed by atoms with Crippen LogP contribution in [-0.2, 0) is 58.2 Å². The lowest BCUT2D eigenvalue weighted by molar-refractivity contribution is -0.144. The van der Waals surface area contributed by atoms with Crippen LogP contribution in [0.4, 0.5) is 8.78 Å². The molecular formula is C44H50Cl2F2N6O6. The molecule has 2 N–H and O–H groups in total. The molecule has 0 atom stereocenters. The molecule has 0 spiro atoms. The van der Waals surface area contributed by atoms with Crippen LogP contribution >= 0.6 is 23.2 Å². The van der Waals surface area contributed by atoms with Crippen LogP contribution in [-0.4, -0.2) is 76.4 Å². The maximum Gasteiger partial charge on any atom is 0.306 e. The van der Waals surface area contributed by atoms with Gasteiger partial charge in [-0.05, 0) is 111 Å². The Morgan fingerprint density at radius 2 is 1.00 bits per heavy atom. The largest absolute Gasteiger partial charge is 0.481 e. The molecule has 2 aromatic heterocycles. The van der Waals surface area contributed by atoms with E-state index in [1.807, 2.05) is 9.80 Å². The van der Waals surface area contributed by atoms with Gasteiger partial charge in [0.2, 0.25) is 11.8 Å². The highest BCUT2D eigenvalue weighted by Gasteiger charge is 2.32. The Morgan fingerprint density at radius 3 is 1.35 bits per heavy atom. The van der Waals surface area contributed by atoms with E-state index in [1.54, 1.807) is 46.0 Å².